The van der Waals surface area contributed by atoms with E-state index in [4.69, 9.17) is 10.5 Å². The molecule has 0 bridgehead atoms. The van der Waals surface area contributed by atoms with Crippen LogP contribution in [0.25, 0.3) is 11.3 Å². The SMILES string of the molecule is COC(=O)c1ncc(-c2ccn(C3CN(C(=O)OC(C)(C)C)C3)n2)cc1N. The first-order chi connectivity index (χ1) is 12.7. The van der Waals surface area contributed by atoms with Gasteiger partial charge in [0.2, 0.25) is 0 Å². The van der Waals surface area contributed by atoms with E-state index in [-0.39, 0.29) is 23.5 Å². The summed E-state index contributed by atoms with van der Waals surface area (Å²) in [5.74, 6) is -0.582. The molecule has 0 unspecified atom stereocenters. The number of hydrogen-bond acceptors (Lipinski definition) is 7. The van der Waals surface area contributed by atoms with E-state index in [9.17, 15) is 9.59 Å². The average molecular weight is 373 g/mol. The Morgan fingerprint density at radius 2 is 2.00 bits per heavy atom. The van der Waals surface area contributed by atoms with Crippen molar-refractivity contribution in [3.05, 3.63) is 30.2 Å². The summed E-state index contributed by atoms with van der Waals surface area (Å²) >= 11 is 0. The predicted octanol–water partition coefficient (Wildman–Crippen LogP) is 2.11. The van der Waals surface area contributed by atoms with Gasteiger partial charge in [0.15, 0.2) is 5.69 Å². The van der Waals surface area contributed by atoms with Crippen LogP contribution < -0.4 is 5.73 Å². The molecule has 3 heterocycles. The Balaban J connectivity index is 1.66. The zero-order chi connectivity index (χ0) is 19.8. The van der Waals surface area contributed by atoms with Gasteiger partial charge in [-0.2, -0.15) is 5.10 Å². The van der Waals surface area contributed by atoms with Crippen LogP contribution in [-0.4, -0.2) is 57.5 Å². The summed E-state index contributed by atoms with van der Waals surface area (Å²) in [7, 11) is 1.28. The number of nitrogens with zero attached hydrogens (tertiary/aromatic N) is 4. The van der Waals surface area contributed by atoms with Crippen molar-refractivity contribution in [1.82, 2.24) is 19.7 Å². The summed E-state index contributed by atoms with van der Waals surface area (Å²) in [6.45, 7) is 6.60. The summed E-state index contributed by atoms with van der Waals surface area (Å²) in [6, 6.07) is 3.57. The van der Waals surface area contributed by atoms with Gasteiger partial charge in [-0.05, 0) is 32.9 Å². The van der Waals surface area contributed by atoms with Crippen LogP contribution in [0.1, 0.15) is 37.3 Å². The number of rotatable bonds is 3. The molecule has 1 fully saturated rings. The number of methoxy groups -OCH3 is 1. The number of esters is 1. The highest BCUT2D eigenvalue weighted by molar-refractivity contribution is 5.93. The van der Waals surface area contributed by atoms with Crippen molar-refractivity contribution >= 4 is 17.7 Å². The minimum Gasteiger partial charge on any atom is -0.464 e. The van der Waals surface area contributed by atoms with Crippen LogP contribution in [-0.2, 0) is 9.47 Å². The van der Waals surface area contributed by atoms with Gasteiger partial charge in [-0.1, -0.05) is 0 Å². The Morgan fingerprint density at radius 3 is 2.59 bits per heavy atom. The van der Waals surface area contributed by atoms with E-state index in [0.29, 0.717) is 24.3 Å². The molecule has 0 saturated carbocycles. The van der Waals surface area contributed by atoms with Gasteiger partial charge in [0.1, 0.15) is 5.60 Å². The summed E-state index contributed by atoms with van der Waals surface area (Å²) in [5.41, 5.74) is 7.06. The average Bonchev–Trinajstić information content (AvgIpc) is 3.00. The number of amides is 1. The molecule has 1 saturated heterocycles. The molecule has 9 heteroatoms. The lowest BCUT2D eigenvalue weighted by atomic mass is 10.1. The number of likely N-dealkylation sites (tertiary alicyclic amines) is 1. The molecule has 1 amide bonds. The van der Waals surface area contributed by atoms with Gasteiger partial charge >= 0.3 is 12.1 Å². The smallest absolute Gasteiger partial charge is 0.410 e. The number of carbonyl (C=O) groups is 2. The molecule has 2 aromatic heterocycles. The molecular weight excluding hydrogens is 350 g/mol. The van der Waals surface area contributed by atoms with Crippen molar-refractivity contribution in [3.8, 4) is 11.3 Å². The van der Waals surface area contributed by atoms with Gasteiger partial charge in [-0.25, -0.2) is 14.6 Å². The Morgan fingerprint density at radius 1 is 1.30 bits per heavy atom. The molecule has 1 aliphatic heterocycles. The number of anilines is 1. The summed E-state index contributed by atoms with van der Waals surface area (Å²) in [4.78, 5) is 29.3. The molecule has 3 rings (SSSR count). The van der Waals surface area contributed by atoms with Crippen molar-refractivity contribution < 1.29 is 19.1 Å². The second kappa shape index (κ2) is 6.90. The van der Waals surface area contributed by atoms with E-state index in [2.05, 4.69) is 14.8 Å². The zero-order valence-electron chi connectivity index (χ0n) is 15.8. The highest BCUT2D eigenvalue weighted by atomic mass is 16.6. The van der Waals surface area contributed by atoms with Crippen LogP contribution in [0.15, 0.2) is 24.5 Å². The van der Waals surface area contributed by atoms with Crippen LogP contribution in [0, 0.1) is 0 Å². The number of aromatic nitrogens is 3. The fourth-order valence-electron chi connectivity index (χ4n) is 2.68. The number of hydrogen-bond donors (Lipinski definition) is 1. The van der Waals surface area contributed by atoms with Crippen LogP contribution in [0.3, 0.4) is 0 Å². The van der Waals surface area contributed by atoms with Gasteiger partial charge in [0, 0.05) is 31.0 Å². The zero-order valence-corrected chi connectivity index (χ0v) is 15.8. The fourth-order valence-corrected chi connectivity index (χ4v) is 2.68. The number of carbonyl (C=O) groups excluding carboxylic acids is 2. The molecule has 1 aliphatic rings. The Bertz CT molecular complexity index is 865. The standard InChI is InChI=1S/C18H23N5O4/c1-18(2,3)27-17(25)22-9-12(10-22)23-6-5-14(21-23)11-7-13(19)15(20-8-11)16(24)26-4/h5-8,12H,9-10,19H2,1-4H3. The van der Waals surface area contributed by atoms with E-state index in [1.54, 1.807) is 15.6 Å². The van der Waals surface area contributed by atoms with E-state index in [1.807, 2.05) is 33.0 Å². The first-order valence-electron chi connectivity index (χ1n) is 8.55. The van der Waals surface area contributed by atoms with Crippen LogP contribution in [0.2, 0.25) is 0 Å². The van der Waals surface area contributed by atoms with Crippen LogP contribution in [0.5, 0.6) is 0 Å². The summed E-state index contributed by atoms with van der Waals surface area (Å²) in [6.07, 6.45) is 3.06. The highest BCUT2D eigenvalue weighted by Gasteiger charge is 2.35. The molecule has 0 aliphatic carbocycles. The molecule has 0 radical (unpaired) electrons. The van der Waals surface area contributed by atoms with Gasteiger partial charge in [0.05, 0.1) is 24.5 Å². The maximum absolute atomic E-state index is 12.0. The molecule has 0 spiro atoms. The molecule has 0 aromatic carbocycles. The molecule has 2 N–H and O–H groups in total. The number of nitrogens with two attached hydrogens (primary N) is 1. The highest BCUT2D eigenvalue weighted by Crippen LogP contribution is 2.26. The monoisotopic (exact) mass is 373 g/mol. The van der Waals surface area contributed by atoms with Gasteiger partial charge in [0.25, 0.3) is 0 Å². The van der Waals surface area contributed by atoms with E-state index in [1.165, 1.54) is 13.3 Å². The Labute approximate surface area is 157 Å². The lowest BCUT2D eigenvalue weighted by Gasteiger charge is -2.39. The van der Waals surface area contributed by atoms with Crippen LogP contribution >= 0.6 is 0 Å². The quantitative estimate of drug-likeness (QED) is 0.820. The maximum Gasteiger partial charge on any atom is 0.410 e. The lowest BCUT2D eigenvalue weighted by molar-refractivity contribution is -0.000370. The van der Waals surface area contributed by atoms with Gasteiger partial charge in [-0.3, -0.25) is 4.68 Å². The second-order valence-electron chi connectivity index (χ2n) is 7.37. The molecule has 0 atom stereocenters. The molecule has 2 aromatic rings. The summed E-state index contributed by atoms with van der Waals surface area (Å²) in [5, 5.41) is 4.53. The largest absolute Gasteiger partial charge is 0.464 e. The van der Waals surface area contributed by atoms with Gasteiger partial charge < -0.3 is 20.1 Å². The number of ether oxygens (including phenoxy) is 2. The third-order valence-electron chi connectivity index (χ3n) is 4.09. The Hall–Kier alpha value is -3.10. The number of nitrogen functional groups attached to an aromatic ring is 1. The molecular formula is C18H23N5O4. The first-order valence-corrected chi connectivity index (χ1v) is 8.55. The fraction of sp³-hybridized carbons (Fsp3) is 0.444. The van der Waals surface area contributed by atoms with E-state index in [0.717, 1.165) is 0 Å². The lowest BCUT2D eigenvalue weighted by Crippen LogP contribution is -2.52. The van der Waals surface area contributed by atoms with Crippen molar-refractivity contribution in [3.63, 3.8) is 0 Å². The van der Waals surface area contributed by atoms with Gasteiger partial charge in [-0.15, -0.1) is 0 Å². The minimum atomic E-state index is -0.582. The minimum absolute atomic E-state index is 0.0766. The summed E-state index contributed by atoms with van der Waals surface area (Å²) < 4.78 is 11.8. The topological polar surface area (TPSA) is 113 Å². The second-order valence-corrected chi connectivity index (χ2v) is 7.37. The third-order valence-corrected chi connectivity index (χ3v) is 4.09. The first kappa shape index (κ1) is 18.7. The molecule has 144 valence electrons. The maximum atomic E-state index is 12.0. The molecule has 9 nitrogen and oxygen atoms in total. The molecule has 27 heavy (non-hydrogen) atoms. The van der Waals surface area contributed by atoms with Crippen molar-refractivity contribution in [2.75, 3.05) is 25.9 Å². The normalized spacial score (nSPS) is 14.6. The van der Waals surface area contributed by atoms with Crippen LogP contribution in [0.4, 0.5) is 10.5 Å². The number of pyridine rings is 1. The predicted molar refractivity (Wildman–Crippen MR) is 98.1 cm³/mol. The Kier molecular flexibility index (Phi) is 4.77. The van der Waals surface area contributed by atoms with Crippen molar-refractivity contribution in [2.45, 2.75) is 32.4 Å². The van der Waals surface area contributed by atoms with E-state index < -0.39 is 11.6 Å². The van der Waals surface area contributed by atoms with Crippen molar-refractivity contribution in [1.29, 1.82) is 0 Å². The third kappa shape index (κ3) is 4.02. The van der Waals surface area contributed by atoms with E-state index >= 15 is 0 Å². The van der Waals surface area contributed by atoms with Crippen molar-refractivity contribution in [2.24, 2.45) is 0 Å².